The first-order chi connectivity index (χ1) is 8.88. The molecule has 0 amide bonds. The molecule has 0 radical (unpaired) electrons. The maximum atomic E-state index is 12.2. The molecule has 0 fully saturated rings. The summed E-state index contributed by atoms with van der Waals surface area (Å²) in [4.78, 5) is 0.174. The number of nitrogens with one attached hydrogen (secondary N) is 1. The first-order valence-corrected chi connectivity index (χ1v) is 8.85. The molecule has 19 heavy (non-hydrogen) atoms. The lowest BCUT2D eigenvalue weighted by atomic mass is 10.3. The average Bonchev–Trinajstić information content (AvgIpc) is 2.34. The second kappa shape index (κ2) is 5.99. The van der Waals surface area contributed by atoms with Gasteiger partial charge in [0, 0.05) is 13.1 Å². The number of anilines is 1. The highest BCUT2D eigenvalue weighted by molar-refractivity contribution is 14.1. The lowest BCUT2D eigenvalue weighted by Gasteiger charge is -2.10. The normalized spacial score (nSPS) is 11.3. The summed E-state index contributed by atoms with van der Waals surface area (Å²) in [5.41, 5.74) is 0.532. The lowest BCUT2D eigenvalue weighted by Crippen LogP contribution is -2.13. The van der Waals surface area contributed by atoms with E-state index < -0.39 is 10.0 Å². The first-order valence-electron chi connectivity index (χ1n) is 5.12. The Bertz CT molecular complexity index is 704. The van der Waals surface area contributed by atoms with Crippen molar-refractivity contribution >= 4 is 65.8 Å². The Labute approximate surface area is 138 Å². The molecule has 0 bridgehead atoms. The molecule has 0 aromatic heterocycles. The molecule has 100 valence electrons. The third-order valence-electron chi connectivity index (χ3n) is 2.30. The SMILES string of the molecule is O=S(=O)(Nc1cc(Br)ccc1I)c1ccc(Cl)cc1. The largest absolute Gasteiger partial charge is 0.279 e. The van der Waals surface area contributed by atoms with Gasteiger partial charge >= 0.3 is 0 Å². The van der Waals surface area contributed by atoms with Crippen LogP contribution in [0.5, 0.6) is 0 Å². The minimum absolute atomic E-state index is 0.174. The molecule has 0 unspecified atom stereocenters. The van der Waals surface area contributed by atoms with Gasteiger partial charge in [0.05, 0.1) is 10.6 Å². The predicted molar refractivity (Wildman–Crippen MR) is 89.1 cm³/mol. The summed E-state index contributed by atoms with van der Waals surface area (Å²) in [5.74, 6) is 0. The van der Waals surface area contributed by atoms with Gasteiger partial charge < -0.3 is 0 Å². The smallest absolute Gasteiger partial charge is 0.261 e. The van der Waals surface area contributed by atoms with Gasteiger partial charge in [-0.15, -0.1) is 0 Å². The lowest BCUT2D eigenvalue weighted by molar-refractivity contribution is 0.601. The van der Waals surface area contributed by atoms with Crippen molar-refractivity contribution in [2.45, 2.75) is 4.90 Å². The third kappa shape index (κ3) is 3.84. The van der Waals surface area contributed by atoms with E-state index in [1.54, 1.807) is 18.2 Å². The van der Waals surface area contributed by atoms with Gasteiger partial charge in [0.25, 0.3) is 10.0 Å². The molecule has 0 aliphatic carbocycles. The highest BCUT2D eigenvalue weighted by Crippen LogP contribution is 2.25. The van der Waals surface area contributed by atoms with Gasteiger partial charge in [-0.3, -0.25) is 4.72 Å². The highest BCUT2D eigenvalue weighted by Gasteiger charge is 2.15. The van der Waals surface area contributed by atoms with E-state index in [4.69, 9.17) is 11.6 Å². The first kappa shape index (κ1) is 15.1. The minimum Gasteiger partial charge on any atom is -0.279 e. The fourth-order valence-electron chi connectivity index (χ4n) is 1.39. The average molecular weight is 473 g/mol. The van der Waals surface area contributed by atoms with Crippen molar-refractivity contribution in [1.29, 1.82) is 0 Å². The van der Waals surface area contributed by atoms with E-state index in [9.17, 15) is 8.42 Å². The molecule has 7 heteroatoms. The molecular formula is C12H8BrClINO2S. The molecule has 0 heterocycles. The summed E-state index contributed by atoms with van der Waals surface area (Å²) < 4.78 is 28.6. The maximum absolute atomic E-state index is 12.2. The molecule has 3 nitrogen and oxygen atoms in total. The van der Waals surface area contributed by atoms with Gasteiger partial charge in [-0.1, -0.05) is 27.5 Å². The van der Waals surface area contributed by atoms with Crippen molar-refractivity contribution in [3.8, 4) is 0 Å². The van der Waals surface area contributed by atoms with Crippen LogP contribution < -0.4 is 4.72 Å². The summed E-state index contributed by atoms with van der Waals surface area (Å²) >= 11 is 11.1. The monoisotopic (exact) mass is 471 g/mol. The van der Waals surface area contributed by atoms with Crippen LogP contribution in [0.4, 0.5) is 5.69 Å². The summed E-state index contributed by atoms with van der Waals surface area (Å²) in [7, 11) is -3.60. The summed E-state index contributed by atoms with van der Waals surface area (Å²) in [6.45, 7) is 0. The predicted octanol–water partition coefficient (Wildman–Crippen LogP) is 4.51. The molecule has 0 saturated heterocycles. The zero-order chi connectivity index (χ0) is 14.0. The molecule has 2 aromatic carbocycles. The van der Waals surface area contributed by atoms with E-state index in [1.165, 1.54) is 12.1 Å². The zero-order valence-electron chi connectivity index (χ0n) is 9.40. The summed E-state index contributed by atoms with van der Waals surface area (Å²) in [5, 5.41) is 0.496. The Morgan fingerprint density at radius 3 is 2.37 bits per heavy atom. The standard InChI is InChI=1S/C12H8BrClINO2S/c13-8-1-6-11(15)12(7-8)16-19(17,18)10-4-2-9(14)3-5-10/h1-7,16H. The van der Waals surface area contributed by atoms with Crippen LogP contribution in [0.3, 0.4) is 0 Å². The van der Waals surface area contributed by atoms with Gasteiger partial charge in [-0.2, -0.15) is 0 Å². The molecule has 1 N–H and O–H groups in total. The van der Waals surface area contributed by atoms with Crippen molar-refractivity contribution in [2.75, 3.05) is 4.72 Å². The molecule has 0 aliphatic heterocycles. The van der Waals surface area contributed by atoms with E-state index in [0.717, 1.165) is 8.04 Å². The molecule has 2 rings (SSSR count). The molecule has 0 aliphatic rings. The Balaban J connectivity index is 2.36. The van der Waals surface area contributed by atoms with E-state index in [2.05, 4.69) is 43.2 Å². The van der Waals surface area contributed by atoms with Gasteiger partial charge in [0.1, 0.15) is 0 Å². The highest BCUT2D eigenvalue weighted by atomic mass is 127. The van der Waals surface area contributed by atoms with E-state index in [1.807, 2.05) is 12.1 Å². The molecule has 0 spiro atoms. The fourth-order valence-corrected chi connectivity index (χ4v) is 3.60. The van der Waals surface area contributed by atoms with Crippen molar-refractivity contribution in [3.63, 3.8) is 0 Å². The summed E-state index contributed by atoms with van der Waals surface area (Å²) in [6, 6.07) is 11.4. The summed E-state index contributed by atoms with van der Waals surface area (Å²) in [6.07, 6.45) is 0. The van der Waals surface area contributed by atoms with Crippen LogP contribution >= 0.6 is 50.1 Å². The van der Waals surface area contributed by atoms with Crippen LogP contribution in [0.1, 0.15) is 0 Å². The van der Waals surface area contributed by atoms with Crippen LogP contribution in [0, 0.1) is 3.57 Å². The second-order valence-corrected chi connectivity index (χ2v) is 7.88. The number of sulfonamides is 1. The molecule has 2 aromatic rings. The Kier molecular flexibility index (Phi) is 4.75. The van der Waals surface area contributed by atoms with Gasteiger partial charge in [0.15, 0.2) is 0 Å². The van der Waals surface area contributed by atoms with E-state index in [-0.39, 0.29) is 4.90 Å². The van der Waals surface area contributed by atoms with Crippen LogP contribution in [0.2, 0.25) is 5.02 Å². The Morgan fingerprint density at radius 2 is 1.74 bits per heavy atom. The van der Waals surface area contributed by atoms with Crippen LogP contribution in [-0.4, -0.2) is 8.42 Å². The van der Waals surface area contributed by atoms with Gasteiger partial charge in [0.2, 0.25) is 0 Å². The van der Waals surface area contributed by atoms with Crippen molar-refractivity contribution in [2.24, 2.45) is 0 Å². The van der Waals surface area contributed by atoms with Crippen LogP contribution in [0.25, 0.3) is 0 Å². The van der Waals surface area contributed by atoms with Gasteiger partial charge in [-0.25, -0.2) is 8.42 Å². The molecule has 0 atom stereocenters. The Morgan fingerprint density at radius 1 is 1.11 bits per heavy atom. The van der Waals surface area contributed by atoms with Crippen LogP contribution in [-0.2, 0) is 10.0 Å². The second-order valence-electron chi connectivity index (χ2n) is 3.68. The number of halogens is 3. The topological polar surface area (TPSA) is 46.2 Å². The maximum Gasteiger partial charge on any atom is 0.261 e. The minimum atomic E-state index is -3.60. The van der Waals surface area contributed by atoms with E-state index in [0.29, 0.717) is 10.7 Å². The molecular weight excluding hydrogens is 464 g/mol. The number of hydrogen-bond acceptors (Lipinski definition) is 2. The van der Waals surface area contributed by atoms with Crippen molar-refractivity contribution in [1.82, 2.24) is 0 Å². The Hall–Kier alpha value is -0.310. The zero-order valence-corrected chi connectivity index (χ0v) is 14.7. The van der Waals surface area contributed by atoms with E-state index >= 15 is 0 Å². The third-order valence-corrected chi connectivity index (χ3v) is 5.36. The number of benzene rings is 2. The number of hydrogen-bond donors (Lipinski definition) is 1. The van der Waals surface area contributed by atoms with Crippen molar-refractivity contribution < 1.29 is 8.42 Å². The fraction of sp³-hybridized carbons (Fsp3) is 0. The quantitative estimate of drug-likeness (QED) is 0.669. The van der Waals surface area contributed by atoms with Crippen molar-refractivity contribution in [3.05, 3.63) is 55.5 Å². The van der Waals surface area contributed by atoms with Crippen LogP contribution in [0.15, 0.2) is 51.8 Å². The van der Waals surface area contributed by atoms with Gasteiger partial charge in [-0.05, 0) is 65.1 Å². The molecule has 0 saturated carbocycles. The number of rotatable bonds is 3.